The molecule has 0 amide bonds. The van der Waals surface area contributed by atoms with E-state index in [2.05, 4.69) is 15.9 Å². The summed E-state index contributed by atoms with van der Waals surface area (Å²) in [5.74, 6) is -0.131. The minimum absolute atomic E-state index is 0.131. The second kappa shape index (κ2) is 4.11. The zero-order valence-electron chi connectivity index (χ0n) is 7.25. The highest BCUT2D eigenvalue weighted by atomic mass is 79.9. The first kappa shape index (κ1) is 11.9. The predicted molar refractivity (Wildman–Crippen MR) is 53.4 cm³/mol. The number of hydrogen-bond donors (Lipinski definition) is 0. The zero-order valence-corrected chi connectivity index (χ0v) is 9.59. The molecule has 0 bridgehead atoms. The molecule has 1 rings (SSSR count). The Balaban J connectivity index is 3.40. The Hall–Kier alpha value is -0.220. The number of benzene rings is 1. The molecular formula is C9H7BrClF3. The van der Waals surface area contributed by atoms with Crippen molar-refractivity contribution < 1.29 is 13.2 Å². The van der Waals surface area contributed by atoms with Gasteiger partial charge in [-0.05, 0) is 30.2 Å². The Morgan fingerprint density at radius 2 is 1.93 bits per heavy atom. The second-order valence-corrected chi connectivity index (χ2v) is 4.06. The summed E-state index contributed by atoms with van der Waals surface area (Å²) in [6.45, 7) is 1.61. The second-order valence-electron chi connectivity index (χ2n) is 2.88. The minimum atomic E-state index is -4.35. The van der Waals surface area contributed by atoms with E-state index >= 15 is 0 Å². The highest BCUT2D eigenvalue weighted by Crippen LogP contribution is 2.36. The van der Waals surface area contributed by atoms with Gasteiger partial charge in [0.25, 0.3) is 0 Å². The lowest BCUT2D eigenvalue weighted by Crippen LogP contribution is -2.09. The molecule has 0 nitrogen and oxygen atoms in total. The van der Waals surface area contributed by atoms with Crippen LogP contribution in [0.1, 0.15) is 16.7 Å². The number of hydrogen-bond acceptors (Lipinski definition) is 0. The zero-order chi connectivity index (χ0) is 10.9. The lowest BCUT2D eigenvalue weighted by Gasteiger charge is -2.13. The van der Waals surface area contributed by atoms with Crippen molar-refractivity contribution in [1.82, 2.24) is 0 Å². The van der Waals surface area contributed by atoms with Gasteiger partial charge in [-0.25, -0.2) is 0 Å². The highest BCUT2D eigenvalue weighted by molar-refractivity contribution is 9.10. The maximum Gasteiger partial charge on any atom is 0.416 e. The average Bonchev–Trinajstić information content (AvgIpc) is 2.01. The van der Waals surface area contributed by atoms with Crippen LogP contribution in [0.4, 0.5) is 13.2 Å². The number of rotatable bonds is 1. The van der Waals surface area contributed by atoms with Gasteiger partial charge >= 0.3 is 6.18 Å². The monoisotopic (exact) mass is 286 g/mol. The lowest BCUT2D eigenvalue weighted by molar-refractivity contribution is -0.138. The summed E-state index contributed by atoms with van der Waals surface area (Å²) in [5, 5.41) is 0. The molecule has 0 N–H and O–H groups in total. The van der Waals surface area contributed by atoms with Crippen molar-refractivity contribution in [3.8, 4) is 0 Å². The predicted octanol–water partition coefficient (Wildman–Crippen LogP) is 4.52. The normalized spacial score (nSPS) is 11.9. The van der Waals surface area contributed by atoms with Crippen molar-refractivity contribution in [2.45, 2.75) is 19.0 Å². The summed E-state index contributed by atoms with van der Waals surface area (Å²) in [6, 6.07) is 2.66. The lowest BCUT2D eigenvalue weighted by atomic mass is 10.0. The molecule has 0 aliphatic heterocycles. The van der Waals surface area contributed by atoms with Crippen LogP contribution in [0.3, 0.4) is 0 Å². The van der Waals surface area contributed by atoms with E-state index in [1.54, 1.807) is 13.0 Å². The molecule has 1 aromatic rings. The summed E-state index contributed by atoms with van der Waals surface area (Å²) in [5.41, 5.74) is 0.0171. The summed E-state index contributed by atoms with van der Waals surface area (Å²) in [4.78, 5) is 0. The first-order valence-electron chi connectivity index (χ1n) is 3.78. The van der Waals surface area contributed by atoms with E-state index in [4.69, 9.17) is 11.6 Å². The van der Waals surface area contributed by atoms with Crippen LogP contribution in [0.5, 0.6) is 0 Å². The average molecular weight is 288 g/mol. The molecule has 14 heavy (non-hydrogen) atoms. The van der Waals surface area contributed by atoms with Gasteiger partial charge in [-0.3, -0.25) is 0 Å². The van der Waals surface area contributed by atoms with Crippen molar-refractivity contribution in [3.05, 3.63) is 33.3 Å². The smallest absolute Gasteiger partial charge is 0.166 e. The largest absolute Gasteiger partial charge is 0.416 e. The Bertz CT molecular complexity index is 347. The van der Waals surface area contributed by atoms with E-state index in [1.807, 2.05) is 0 Å². The third-order valence-electron chi connectivity index (χ3n) is 1.88. The van der Waals surface area contributed by atoms with E-state index in [-0.39, 0.29) is 11.4 Å². The molecule has 0 aliphatic carbocycles. The van der Waals surface area contributed by atoms with Crippen LogP contribution in [-0.4, -0.2) is 0 Å². The van der Waals surface area contributed by atoms with Crippen LogP contribution in [0.15, 0.2) is 16.6 Å². The molecule has 0 heterocycles. The van der Waals surface area contributed by atoms with Gasteiger partial charge in [0, 0.05) is 10.4 Å². The van der Waals surface area contributed by atoms with E-state index in [9.17, 15) is 13.2 Å². The first-order valence-corrected chi connectivity index (χ1v) is 5.11. The molecule has 0 aliphatic rings. The van der Waals surface area contributed by atoms with Gasteiger partial charge in [0.05, 0.1) is 5.56 Å². The van der Waals surface area contributed by atoms with Crippen molar-refractivity contribution in [2.24, 2.45) is 0 Å². The molecule has 0 unspecified atom stereocenters. The van der Waals surface area contributed by atoms with E-state index < -0.39 is 11.7 Å². The fraction of sp³-hybridized carbons (Fsp3) is 0.333. The Kier molecular flexibility index (Phi) is 3.48. The van der Waals surface area contributed by atoms with Crippen LogP contribution in [0, 0.1) is 6.92 Å². The van der Waals surface area contributed by atoms with Gasteiger partial charge < -0.3 is 0 Å². The quantitative estimate of drug-likeness (QED) is 0.666. The van der Waals surface area contributed by atoms with Gasteiger partial charge in [-0.15, -0.1) is 11.6 Å². The first-order chi connectivity index (χ1) is 6.36. The topological polar surface area (TPSA) is 0 Å². The van der Waals surface area contributed by atoms with E-state index in [0.717, 1.165) is 6.07 Å². The number of aryl methyl sites for hydroxylation is 1. The van der Waals surface area contributed by atoms with Gasteiger partial charge in [-0.2, -0.15) is 13.2 Å². The van der Waals surface area contributed by atoms with Crippen molar-refractivity contribution in [2.75, 3.05) is 0 Å². The van der Waals surface area contributed by atoms with Gasteiger partial charge in [0.2, 0.25) is 0 Å². The molecule has 0 saturated heterocycles. The number of halogens is 5. The third-order valence-corrected chi connectivity index (χ3v) is 2.60. The van der Waals surface area contributed by atoms with E-state index in [0.29, 0.717) is 10.0 Å². The maximum atomic E-state index is 12.5. The molecule has 0 radical (unpaired) electrons. The van der Waals surface area contributed by atoms with Crippen molar-refractivity contribution in [3.63, 3.8) is 0 Å². The summed E-state index contributed by atoms with van der Waals surface area (Å²) in [6.07, 6.45) is -4.35. The Labute approximate surface area is 93.2 Å². The van der Waals surface area contributed by atoms with E-state index in [1.165, 1.54) is 0 Å². The van der Waals surface area contributed by atoms with Crippen LogP contribution >= 0.6 is 27.5 Å². The van der Waals surface area contributed by atoms with Crippen molar-refractivity contribution in [1.29, 1.82) is 0 Å². The number of alkyl halides is 4. The summed E-state index contributed by atoms with van der Waals surface area (Å²) in [7, 11) is 0. The molecule has 5 heteroatoms. The Morgan fingerprint density at radius 1 is 1.36 bits per heavy atom. The van der Waals surface area contributed by atoms with Crippen LogP contribution < -0.4 is 0 Å². The molecule has 0 atom stereocenters. The minimum Gasteiger partial charge on any atom is -0.166 e. The molecule has 0 aromatic heterocycles. The Morgan fingerprint density at radius 3 is 2.36 bits per heavy atom. The molecule has 1 aromatic carbocycles. The molecule has 0 fully saturated rings. The van der Waals surface area contributed by atoms with Gasteiger partial charge in [0.15, 0.2) is 0 Å². The SMILES string of the molecule is Cc1cc(Br)cc(C(F)(F)F)c1CCl. The molecule has 0 spiro atoms. The standard InChI is InChI=1S/C9H7BrClF3/c1-5-2-6(10)3-8(7(5)4-11)9(12,13)14/h2-3H,4H2,1H3. The van der Waals surface area contributed by atoms with Gasteiger partial charge in [-0.1, -0.05) is 15.9 Å². The van der Waals surface area contributed by atoms with Crippen molar-refractivity contribution >= 4 is 27.5 Å². The molecular weight excluding hydrogens is 280 g/mol. The highest BCUT2D eigenvalue weighted by Gasteiger charge is 2.33. The molecule has 0 saturated carbocycles. The summed E-state index contributed by atoms with van der Waals surface area (Å²) < 4.78 is 38.0. The van der Waals surface area contributed by atoms with Crippen LogP contribution in [0.2, 0.25) is 0 Å². The molecule has 78 valence electrons. The maximum absolute atomic E-state index is 12.5. The van der Waals surface area contributed by atoms with Gasteiger partial charge in [0.1, 0.15) is 0 Å². The third kappa shape index (κ3) is 2.42. The van der Waals surface area contributed by atoms with Crippen LogP contribution in [0.25, 0.3) is 0 Å². The fourth-order valence-corrected chi connectivity index (χ4v) is 2.13. The summed E-state index contributed by atoms with van der Waals surface area (Å²) >= 11 is 8.51. The fourth-order valence-electron chi connectivity index (χ4n) is 1.20. The van der Waals surface area contributed by atoms with Crippen LogP contribution in [-0.2, 0) is 12.1 Å².